The Hall–Kier alpha value is -3.69. The van der Waals surface area contributed by atoms with Gasteiger partial charge in [0.15, 0.2) is 5.75 Å². The van der Waals surface area contributed by atoms with E-state index in [1.807, 2.05) is 0 Å². The number of rotatable bonds is 8. The third kappa shape index (κ3) is 4.90. The van der Waals surface area contributed by atoms with Crippen LogP contribution in [0.15, 0.2) is 42.5 Å². The van der Waals surface area contributed by atoms with E-state index < -0.39 is 15.8 Å². The molecule has 0 heterocycles. The monoisotopic (exact) mass is 361 g/mol. The van der Waals surface area contributed by atoms with Crippen LogP contribution in [0.2, 0.25) is 0 Å². The van der Waals surface area contributed by atoms with Gasteiger partial charge >= 0.3 is 5.69 Å². The summed E-state index contributed by atoms with van der Waals surface area (Å²) >= 11 is 0. The SMILES string of the molecule is O=C(CCCOc1ccccc1[N+](=O)[O-])Nc1cc([N+](=O)[O-])ccc1O. The van der Waals surface area contributed by atoms with Crippen molar-refractivity contribution in [3.63, 3.8) is 0 Å². The highest BCUT2D eigenvalue weighted by Crippen LogP contribution is 2.28. The second-order valence-corrected chi connectivity index (χ2v) is 5.18. The molecule has 0 atom stereocenters. The van der Waals surface area contributed by atoms with Crippen molar-refractivity contribution in [2.24, 2.45) is 0 Å². The van der Waals surface area contributed by atoms with Crippen LogP contribution in [0, 0.1) is 20.2 Å². The molecule has 0 fully saturated rings. The summed E-state index contributed by atoms with van der Waals surface area (Å²) in [5, 5.41) is 33.6. The van der Waals surface area contributed by atoms with Gasteiger partial charge in [-0.15, -0.1) is 0 Å². The third-order valence-electron chi connectivity index (χ3n) is 3.33. The van der Waals surface area contributed by atoms with Crippen LogP contribution in [0.25, 0.3) is 0 Å². The smallest absolute Gasteiger partial charge is 0.310 e. The lowest BCUT2D eigenvalue weighted by atomic mass is 10.2. The average molecular weight is 361 g/mol. The van der Waals surface area contributed by atoms with E-state index in [9.17, 15) is 30.1 Å². The lowest BCUT2D eigenvalue weighted by molar-refractivity contribution is -0.385. The number of phenolic OH excluding ortho intramolecular Hbond substituents is 1. The predicted octanol–water partition coefficient (Wildman–Crippen LogP) is 3.01. The van der Waals surface area contributed by atoms with E-state index in [-0.39, 0.29) is 48.0 Å². The minimum Gasteiger partial charge on any atom is -0.506 e. The van der Waals surface area contributed by atoms with Crippen LogP contribution in [-0.2, 0) is 4.79 Å². The number of ether oxygens (including phenoxy) is 1. The summed E-state index contributed by atoms with van der Waals surface area (Å²) in [6.07, 6.45) is 0.260. The molecule has 10 heteroatoms. The van der Waals surface area contributed by atoms with Crippen molar-refractivity contribution in [1.82, 2.24) is 0 Å². The number of para-hydroxylation sites is 2. The molecule has 0 aliphatic rings. The van der Waals surface area contributed by atoms with Crippen molar-refractivity contribution in [3.05, 3.63) is 62.7 Å². The van der Waals surface area contributed by atoms with Crippen molar-refractivity contribution >= 4 is 23.0 Å². The van der Waals surface area contributed by atoms with Crippen LogP contribution < -0.4 is 10.1 Å². The number of phenols is 1. The lowest BCUT2D eigenvalue weighted by Gasteiger charge is -2.08. The quantitative estimate of drug-likeness (QED) is 0.318. The second-order valence-electron chi connectivity index (χ2n) is 5.18. The molecule has 10 nitrogen and oxygen atoms in total. The van der Waals surface area contributed by atoms with Crippen LogP contribution in [0.4, 0.5) is 17.1 Å². The van der Waals surface area contributed by atoms with Crippen molar-refractivity contribution in [3.8, 4) is 11.5 Å². The number of nitrogens with one attached hydrogen (secondary N) is 1. The molecular weight excluding hydrogens is 346 g/mol. The minimum absolute atomic E-state index is 0.00274. The minimum atomic E-state index is -0.643. The van der Waals surface area contributed by atoms with Crippen molar-refractivity contribution in [2.75, 3.05) is 11.9 Å². The summed E-state index contributed by atoms with van der Waals surface area (Å²) in [4.78, 5) is 32.3. The molecule has 0 aromatic heterocycles. The van der Waals surface area contributed by atoms with Crippen LogP contribution >= 0.6 is 0 Å². The number of anilines is 1. The van der Waals surface area contributed by atoms with E-state index in [1.54, 1.807) is 6.07 Å². The summed E-state index contributed by atoms with van der Waals surface area (Å²) in [7, 11) is 0. The van der Waals surface area contributed by atoms with Gasteiger partial charge in [0.1, 0.15) is 5.75 Å². The van der Waals surface area contributed by atoms with E-state index >= 15 is 0 Å². The third-order valence-corrected chi connectivity index (χ3v) is 3.33. The molecule has 1 amide bonds. The highest BCUT2D eigenvalue weighted by atomic mass is 16.6. The number of nitro groups is 2. The highest BCUT2D eigenvalue weighted by molar-refractivity contribution is 5.92. The van der Waals surface area contributed by atoms with Gasteiger partial charge in [0.25, 0.3) is 5.69 Å². The molecule has 0 aliphatic heterocycles. The van der Waals surface area contributed by atoms with Gasteiger partial charge in [-0.2, -0.15) is 0 Å². The van der Waals surface area contributed by atoms with E-state index in [4.69, 9.17) is 4.74 Å². The summed E-state index contributed by atoms with van der Waals surface area (Å²) in [5.41, 5.74) is -0.500. The van der Waals surface area contributed by atoms with E-state index in [1.165, 1.54) is 18.2 Å². The van der Waals surface area contributed by atoms with Crippen LogP contribution in [-0.4, -0.2) is 27.5 Å². The normalized spacial score (nSPS) is 10.2. The molecule has 0 saturated heterocycles. The molecule has 2 rings (SSSR count). The Labute approximate surface area is 147 Å². The van der Waals surface area contributed by atoms with E-state index in [2.05, 4.69) is 5.32 Å². The standard InChI is InChI=1S/C16H15N3O7/c20-14-8-7-11(18(22)23)10-12(14)17-16(21)6-3-9-26-15-5-2-1-4-13(15)19(24)25/h1-2,4-5,7-8,10,20H,3,6,9H2,(H,17,21). The number of nitro benzene ring substituents is 2. The van der Waals surface area contributed by atoms with Gasteiger partial charge in [0, 0.05) is 24.6 Å². The van der Waals surface area contributed by atoms with Crippen LogP contribution in [0.1, 0.15) is 12.8 Å². The Kier molecular flexibility index (Phi) is 6.04. The van der Waals surface area contributed by atoms with Gasteiger partial charge in [-0.1, -0.05) is 12.1 Å². The second kappa shape index (κ2) is 8.42. The highest BCUT2D eigenvalue weighted by Gasteiger charge is 2.15. The van der Waals surface area contributed by atoms with Gasteiger partial charge in [0.2, 0.25) is 5.91 Å². The molecule has 0 aliphatic carbocycles. The van der Waals surface area contributed by atoms with Crippen molar-refractivity contribution in [2.45, 2.75) is 12.8 Å². The number of non-ortho nitro benzene ring substituents is 1. The first-order valence-electron chi connectivity index (χ1n) is 7.52. The maximum Gasteiger partial charge on any atom is 0.310 e. The number of carbonyl (C=O) groups excluding carboxylic acids is 1. The van der Waals surface area contributed by atoms with Crippen molar-refractivity contribution < 1.29 is 24.5 Å². The number of hydrogen-bond donors (Lipinski definition) is 2. The van der Waals surface area contributed by atoms with Gasteiger partial charge in [-0.05, 0) is 18.6 Å². The number of aromatic hydroxyl groups is 1. The fourth-order valence-electron chi connectivity index (χ4n) is 2.10. The average Bonchev–Trinajstić information content (AvgIpc) is 2.60. The van der Waals surface area contributed by atoms with Crippen LogP contribution in [0.5, 0.6) is 11.5 Å². The number of hydrogen-bond acceptors (Lipinski definition) is 7. The zero-order valence-electron chi connectivity index (χ0n) is 13.5. The molecule has 0 bridgehead atoms. The molecule has 2 aromatic rings. The first kappa shape index (κ1) is 18.6. The number of benzene rings is 2. The molecule has 26 heavy (non-hydrogen) atoms. The Balaban J connectivity index is 1.86. The van der Waals surface area contributed by atoms with Gasteiger partial charge in [-0.25, -0.2) is 0 Å². The molecule has 0 unspecified atom stereocenters. The zero-order chi connectivity index (χ0) is 19.1. The molecule has 0 radical (unpaired) electrons. The van der Waals surface area contributed by atoms with E-state index in [0.29, 0.717) is 0 Å². The molecule has 0 saturated carbocycles. The summed E-state index contributed by atoms with van der Waals surface area (Å²) < 4.78 is 5.31. The Bertz CT molecular complexity index is 838. The molecular formula is C16H15N3O7. The van der Waals surface area contributed by atoms with Gasteiger partial charge < -0.3 is 15.2 Å². The number of amides is 1. The molecule has 2 aromatic carbocycles. The lowest BCUT2D eigenvalue weighted by Crippen LogP contribution is -2.13. The fraction of sp³-hybridized carbons (Fsp3) is 0.188. The Morgan fingerprint density at radius 2 is 1.85 bits per heavy atom. The van der Waals surface area contributed by atoms with Gasteiger partial charge in [-0.3, -0.25) is 25.0 Å². The molecule has 0 spiro atoms. The first-order valence-corrected chi connectivity index (χ1v) is 7.52. The van der Waals surface area contributed by atoms with Crippen molar-refractivity contribution in [1.29, 1.82) is 0 Å². The van der Waals surface area contributed by atoms with Crippen LogP contribution in [0.3, 0.4) is 0 Å². The Morgan fingerprint density at radius 3 is 2.54 bits per heavy atom. The summed E-state index contributed by atoms with van der Waals surface area (Å²) in [6, 6.07) is 9.17. The maximum absolute atomic E-state index is 11.9. The molecule has 2 N–H and O–H groups in total. The van der Waals surface area contributed by atoms with Gasteiger partial charge in [0.05, 0.1) is 22.1 Å². The summed E-state index contributed by atoms with van der Waals surface area (Å²) in [5.74, 6) is -0.665. The maximum atomic E-state index is 11.9. The summed E-state index contributed by atoms with van der Waals surface area (Å²) in [6.45, 7) is 0.0686. The molecule has 136 valence electrons. The van der Waals surface area contributed by atoms with E-state index in [0.717, 1.165) is 18.2 Å². The number of nitrogens with zero attached hydrogens (tertiary/aromatic N) is 2. The first-order chi connectivity index (χ1) is 12.4. The zero-order valence-corrected chi connectivity index (χ0v) is 13.5. The number of carbonyl (C=O) groups is 1. The topological polar surface area (TPSA) is 145 Å². The predicted molar refractivity (Wildman–Crippen MR) is 91.2 cm³/mol. The fourth-order valence-corrected chi connectivity index (χ4v) is 2.10. The Morgan fingerprint density at radius 1 is 1.12 bits per heavy atom. The largest absolute Gasteiger partial charge is 0.506 e.